The summed E-state index contributed by atoms with van der Waals surface area (Å²) in [6, 6.07) is 0. The largest absolute Gasteiger partial charge is 0.480 e. The van der Waals surface area contributed by atoms with Gasteiger partial charge < -0.3 is 10.2 Å². The lowest BCUT2D eigenvalue weighted by atomic mass is 9.93. The lowest BCUT2D eigenvalue weighted by Gasteiger charge is -2.33. The minimum Gasteiger partial charge on any atom is -0.480 e. The van der Waals surface area contributed by atoms with Crippen LogP contribution in [0.3, 0.4) is 0 Å². The van der Waals surface area contributed by atoms with Gasteiger partial charge in [-0.05, 0) is 25.8 Å². The van der Waals surface area contributed by atoms with E-state index in [0.29, 0.717) is 19.4 Å². The van der Waals surface area contributed by atoms with Crippen molar-refractivity contribution in [2.24, 2.45) is 0 Å². The monoisotopic (exact) mass is 187 g/mol. The van der Waals surface area contributed by atoms with Crippen LogP contribution in [-0.2, 0) is 4.79 Å². The lowest BCUT2D eigenvalue weighted by Crippen LogP contribution is -2.50. The van der Waals surface area contributed by atoms with Crippen LogP contribution >= 0.6 is 0 Å². The molecule has 0 spiro atoms. The summed E-state index contributed by atoms with van der Waals surface area (Å²) in [7, 11) is 0. The molecule has 76 valence electrons. The number of carboxylic acid groups (broad SMARTS) is 1. The number of hydrogen-bond acceptors (Lipinski definition) is 3. The highest BCUT2D eigenvalue weighted by Gasteiger charge is 2.45. The average molecular weight is 187 g/mol. The van der Waals surface area contributed by atoms with E-state index in [-0.39, 0.29) is 6.61 Å². The zero-order valence-corrected chi connectivity index (χ0v) is 7.99. The van der Waals surface area contributed by atoms with Crippen LogP contribution in [0.4, 0.5) is 0 Å². The quantitative estimate of drug-likeness (QED) is 0.665. The predicted molar refractivity (Wildman–Crippen MR) is 48.6 cm³/mol. The van der Waals surface area contributed by atoms with Crippen molar-refractivity contribution in [2.75, 3.05) is 19.7 Å². The Hall–Kier alpha value is -0.610. The van der Waals surface area contributed by atoms with Crippen molar-refractivity contribution in [1.82, 2.24) is 4.90 Å². The topological polar surface area (TPSA) is 60.8 Å². The summed E-state index contributed by atoms with van der Waals surface area (Å²) in [6.45, 7) is 3.19. The van der Waals surface area contributed by atoms with Crippen molar-refractivity contribution >= 4 is 5.97 Å². The Bertz CT molecular complexity index is 195. The Morgan fingerprint density at radius 3 is 2.77 bits per heavy atom. The zero-order chi connectivity index (χ0) is 9.90. The molecule has 1 saturated heterocycles. The number of aliphatic carboxylic acids is 1. The molecule has 0 radical (unpaired) electrons. The number of rotatable bonds is 4. The average Bonchev–Trinajstić information content (AvgIpc) is 2.49. The molecule has 0 bridgehead atoms. The van der Waals surface area contributed by atoms with E-state index in [0.717, 1.165) is 13.0 Å². The van der Waals surface area contributed by atoms with Gasteiger partial charge in [-0.1, -0.05) is 6.92 Å². The molecule has 1 atom stereocenters. The van der Waals surface area contributed by atoms with E-state index in [9.17, 15) is 4.79 Å². The van der Waals surface area contributed by atoms with Crippen molar-refractivity contribution in [3.8, 4) is 0 Å². The molecule has 0 aromatic carbocycles. The number of likely N-dealkylation sites (tertiary alicyclic amines) is 1. The number of aliphatic hydroxyl groups excluding tert-OH is 1. The minimum absolute atomic E-state index is 0.0367. The first-order valence-corrected chi connectivity index (χ1v) is 4.76. The second-order valence-corrected chi connectivity index (χ2v) is 3.50. The van der Waals surface area contributed by atoms with E-state index in [1.807, 2.05) is 11.8 Å². The normalized spacial score (nSPS) is 29.4. The number of hydrogen-bond donors (Lipinski definition) is 2. The maximum atomic E-state index is 11.1. The van der Waals surface area contributed by atoms with Crippen molar-refractivity contribution < 1.29 is 15.0 Å². The molecule has 0 aromatic heterocycles. The third-order valence-electron chi connectivity index (χ3n) is 2.98. The highest BCUT2D eigenvalue weighted by atomic mass is 16.4. The highest BCUT2D eigenvalue weighted by Crippen LogP contribution is 2.32. The predicted octanol–water partition coefficient (Wildman–Crippen LogP) is 0.308. The van der Waals surface area contributed by atoms with Crippen LogP contribution in [0.5, 0.6) is 0 Å². The second-order valence-electron chi connectivity index (χ2n) is 3.50. The summed E-state index contributed by atoms with van der Waals surface area (Å²) in [5.74, 6) is -0.749. The Morgan fingerprint density at radius 1 is 1.62 bits per heavy atom. The van der Waals surface area contributed by atoms with Crippen LogP contribution in [0, 0.1) is 0 Å². The van der Waals surface area contributed by atoms with Crippen molar-refractivity contribution in [3.63, 3.8) is 0 Å². The smallest absolute Gasteiger partial charge is 0.324 e. The SMILES string of the molecule is CCC1(C(=O)O)CCCN1CCO. The van der Waals surface area contributed by atoms with Crippen LogP contribution in [0.15, 0.2) is 0 Å². The summed E-state index contributed by atoms with van der Waals surface area (Å²) in [4.78, 5) is 13.0. The van der Waals surface area contributed by atoms with Crippen molar-refractivity contribution in [3.05, 3.63) is 0 Å². The van der Waals surface area contributed by atoms with E-state index < -0.39 is 11.5 Å². The first-order chi connectivity index (χ1) is 6.17. The molecule has 0 aromatic rings. The highest BCUT2D eigenvalue weighted by molar-refractivity contribution is 5.79. The number of nitrogens with zero attached hydrogens (tertiary/aromatic N) is 1. The maximum Gasteiger partial charge on any atom is 0.324 e. The number of carboxylic acids is 1. The van der Waals surface area contributed by atoms with Gasteiger partial charge in [0.25, 0.3) is 0 Å². The molecule has 2 N–H and O–H groups in total. The third-order valence-corrected chi connectivity index (χ3v) is 2.98. The molecular weight excluding hydrogens is 170 g/mol. The van der Waals surface area contributed by atoms with Gasteiger partial charge in [0.05, 0.1) is 6.61 Å². The fourth-order valence-corrected chi connectivity index (χ4v) is 2.17. The first-order valence-electron chi connectivity index (χ1n) is 4.76. The van der Waals surface area contributed by atoms with Gasteiger partial charge in [0, 0.05) is 6.54 Å². The number of β-amino-alcohol motifs (C(OH)–C–C–N with tert-alkyl or cyclic N) is 1. The van der Waals surface area contributed by atoms with Gasteiger partial charge in [-0.25, -0.2) is 0 Å². The van der Waals surface area contributed by atoms with Crippen LogP contribution in [0.25, 0.3) is 0 Å². The molecular formula is C9H17NO3. The van der Waals surface area contributed by atoms with Crippen LogP contribution in [0.1, 0.15) is 26.2 Å². The number of carbonyl (C=O) groups is 1. The summed E-state index contributed by atoms with van der Waals surface area (Å²) < 4.78 is 0. The van der Waals surface area contributed by atoms with E-state index in [1.54, 1.807) is 0 Å². The second kappa shape index (κ2) is 4.07. The Kier molecular flexibility index (Phi) is 3.27. The molecule has 0 aliphatic carbocycles. The van der Waals surface area contributed by atoms with E-state index in [1.165, 1.54) is 0 Å². The van der Waals surface area contributed by atoms with Gasteiger partial charge in [0.1, 0.15) is 5.54 Å². The molecule has 1 aliphatic rings. The Balaban J connectivity index is 2.77. The summed E-state index contributed by atoms with van der Waals surface area (Å²) in [5, 5.41) is 17.9. The van der Waals surface area contributed by atoms with E-state index >= 15 is 0 Å². The maximum absolute atomic E-state index is 11.1. The molecule has 1 rings (SSSR count). The molecule has 1 aliphatic heterocycles. The third kappa shape index (κ3) is 1.69. The molecule has 4 heteroatoms. The molecule has 1 fully saturated rings. The molecule has 4 nitrogen and oxygen atoms in total. The van der Waals surface area contributed by atoms with Crippen molar-refractivity contribution in [1.29, 1.82) is 0 Å². The standard InChI is InChI=1S/C9H17NO3/c1-2-9(8(12)13)4-3-5-10(9)6-7-11/h11H,2-7H2,1H3,(H,12,13). The van der Waals surface area contributed by atoms with Crippen LogP contribution in [0.2, 0.25) is 0 Å². The molecule has 0 saturated carbocycles. The van der Waals surface area contributed by atoms with Gasteiger partial charge in [0.15, 0.2) is 0 Å². The summed E-state index contributed by atoms with van der Waals surface area (Å²) in [6.07, 6.45) is 2.24. The van der Waals surface area contributed by atoms with Gasteiger partial charge in [-0.2, -0.15) is 0 Å². The zero-order valence-electron chi connectivity index (χ0n) is 7.99. The van der Waals surface area contributed by atoms with Gasteiger partial charge in [-0.15, -0.1) is 0 Å². The van der Waals surface area contributed by atoms with Gasteiger partial charge in [0.2, 0.25) is 0 Å². The van der Waals surface area contributed by atoms with Crippen LogP contribution < -0.4 is 0 Å². The van der Waals surface area contributed by atoms with Gasteiger partial charge >= 0.3 is 5.97 Å². The molecule has 0 amide bonds. The van der Waals surface area contributed by atoms with E-state index in [4.69, 9.17) is 10.2 Å². The van der Waals surface area contributed by atoms with Crippen LogP contribution in [-0.4, -0.2) is 46.3 Å². The molecule has 13 heavy (non-hydrogen) atoms. The Labute approximate surface area is 78.2 Å². The molecule has 1 unspecified atom stereocenters. The first kappa shape index (κ1) is 10.5. The van der Waals surface area contributed by atoms with Crippen molar-refractivity contribution in [2.45, 2.75) is 31.7 Å². The fraction of sp³-hybridized carbons (Fsp3) is 0.889. The number of aliphatic hydroxyl groups is 1. The van der Waals surface area contributed by atoms with E-state index in [2.05, 4.69) is 0 Å². The fourth-order valence-electron chi connectivity index (χ4n) is 2.17. The molecule has 1 heterocycles. The van der Waals surface area contributed by atoms with Gasteiger partial charge in [-0.3, -0.25) is 9.69 Å². The lowest BCUT2D eigenvalue weighted by molar-refractivity contribution is -0.150. The summed E-state index contributed by atoms with van der Waals surface area (Å²) >= 11 is 0. The Morgan fingerprint density at radius 2 is 2.31 bits per heavy atom. The minimum atomic E-state index is -0.749. The summed E-state index contributed by atoms with van der Waals surface area (Å²) in [5.41, 5.74) is -0.706.